The fourth-order valence-electron chi connectivity index (χ4n) is 3.03. The average Bonchev–Trinajstić information content (AvgIpc) is 2.49. The van der Waals surface area contributed by atoms with Crippen LogP contribution in [0, 0.1) is 0 Å². The molecule has 0 spiro atoms. The maximum atomic E-state index is 12.2. The number of anilines is 1. The van der Waals surface area contributed by atoms with Crippen molar-refractivity contribution in [2.45, 2.75) is 26.2 Å². The first-order chi connectivity index (χ1) is 10.2. The lowest BCUT2D eigenvalue weighted by molar-refractivity contribution is -0.119. The zero-order chi connectivity index (χ0) is 14.8. The zero-order valence-electron chi connectivity index (χ0n) is 12.7. The number of hydrazine groups is 1. The molecule has 2 aromatic carbocycles. The molecule has 1 amide bonds. The van der Waals surface area contributed by atoms with Crippen LogP contribution in [-0.2, 0) is 4.79 Å². The number of phenolic OH excluding ortho intramolecular Hbond substituents is 1. The van der Waals surface area contributed by atoms with Crippen LogP contribution in [-0.4, -0.2) is 29.1 Å². The van der Waals surface area contributed by atoms with Crippen molar-refractivity contribution in [1.82, 2.24) is 5.01 Å². The van der Waals surface area contributed by atoms with Gasteiger partial charge < -0.3 is 5.11 Å². The Morgan fingerprint density at radius 1 is 1.14 bits per heavy atom. The normalized spacial score (nSPS) is 15.3. The number of carbonyl (C=O) groups excluding carboxylic acids is 1. The summed E-state index contributed by atoms with van der Waals surface area (Å²) in [6, 6.07) is 11.2. The number of fused-ring (bicyclic) bond motifs is 1. The lowest BCUT2D eigenvalue weighted by atomic mass is 10.1. The first kappa shape index (κ1) is 16.6. The van der Waals surface area contributed by atoms with Gasteiger partial charge in [0.05, 0.1) is 5.69 Å². The number of rotatable bonds is 2. The van der Waals surface area contributed by atoms with Crippen LogP contribution in [0.2, 0.25) is 0 Å². The number of benzene rings is 2. The van der Waals surface area contributed by atoms with Crippen molar-refractivity contribution in [3.8, 4) is 5.75 Å². The zero-order valence-corrected chi connectivity index (χ0v) is 13.5. The number of aromatic hydroxyl groups is 1. The monoisotopic (exact) mass is 320 g/mol. The maximum Gasteiger partial charge on any atom is 0.238 e. The Balaban J connectivity index is 0.00000176. The molecule has 0 radical (unpaired) electrons. The number of piperidine rings is 1. The largest absolute Gasteiger partial charge is 0.508 e. The van der Waals surface area contributed by atoms with Gasteiger partial charge in [-0.1, -0.05) is 24.6 Å². The van der Waals surface area contributed by atoms with Crippen molar-refractivity contribution in [3.63, 3.8) is 0 Å². The predicted molar refractivity (Wildman–Crippen MR) is 91.4 cm³/mol. The third-order valence-corrected chi connectivity index (χ3v) is 3.98. The van der Waals surface area contributed by atoms with Crippen molar-refractivity contribution < 1.29 is 9.90 Å². The molecule has 1 N–H and O–H groups in total. The third kappa shape index (κ3) is 3.18. The molecule has 0 unspecified atom stereocenters. The van der Waals surface area contributed by atoms with Gasteiger partial charge in [-0.2, -0.15) is 0 Å². The van der Waals surface area contributed by atoms with Crippen molar-refractivity contribution in [2.75, 3.05) is 18.1 Å². The maximum absolute atomic E-state index is 12.2. The van der Waals surface area contributed by atoms with E-state index in [4.69, 9.17) is 0 Å². The summed E-state index contributed by atoms with van der Waals surface area (Å²) >= 11 is 0. The van der Waals surface area contributed by atoms with Gasteiger partial charge in [-0.05, 0) is 36.4 Å². The van der Waals surface area contributed by atoms with Gasteiger partial charge in [0.15, 0.2) is 0 Å². The molecular formula is C17H21ClN2O2. The van der Waals surface area contributed by atoms with Gasteiger partial charge in [0.2, 0.25) is 5.91 Å². The summed E-state index contributed by atoms with van der Waals surface area (Å²) in [6.07, 6.45) is 3.44. The van der Waals surface area contributed by atoms with Crippen LogP contribution in [0.15, 0.2) is 36.4 Å². The van der Waals surface area contributed by atoms with E-state index in [1.807, 2.05) is 24.3 Å². The van der Waals surface area contributed by atoms with Gasteiger partial charge in [0, 0.05) is 25.4 Å². The third-order valence-electron chi connectivity index (χ3n) is 3.98. The summed E-state index contributed by atoms with van der Waals surface area (Å²) in [5.74, 6) is 0.227. The Labute approximate surface area is 136 Å². The van der Waals surface area contributed by atoms with Gasteiger partial charge in [0.1, 0.15) is 5.75 Å². The molecule has 0 bridgehead atoms. The minimum atomic E-state index is 0. The van der Waals surface area contributed by atoms with E-state index in [0.717, 1.165) is 42.4 Å². The summed E-state index contributed by atoms with van der Waals surface area (Å²) in [5, 5.41) is 15.6. The highest BCUT2D eigenvalue weighted by molar-refractivity contribution is 6.02. The molecule has 22 heavy (non-hydrogen) atoms. The molecule has 118 valence electrons. The second-order valence-corrected chi connectivity index (χ2v) is 5.53. The number of phenols is 1. The number of amides is 1. The van der Waals surface area contributed by atoms with Gasteiger partial charge in [0.25, 0.3) is 0 Å². The SMILES string of the molecule is CC(=O)N(c1cccc2ccc(O)cc12)N1CCCCC1.Cl. The number of nitrogens with zero attached hydrogens (tertiary/aromatic N) is 2. The van der Waals surface area contributed by atoms with Crippen molar-refractivity contribution >= 4 is 34.8 Å². The second kappa shape index (κ2) is 6.99. The summed E-state index contributed by atoms with van der Waals surface area (Å²) in [6.45, 7) is 3.39. The van der Waals surface area contributed by atoms with E-state index in [-0.39, 0.29) is 24.1 Å². The van der Waals surface area contributed by atoms with Crippen LogP contribution in [0.1, 0.15) is 26.2 Å². The quantitative estimate of drug-likeness (QED) is 0.917. The fourth-order valence-corrected chi connectivity index (χ4v) is 3.03. The highest BCUT2D eigenvalue weighted by Crippen LogP contribution is 2.31. The van der Waals surface area contributed by atoms with Crippen LogP contribution in [0.25, 0.3) is 10.8 Å². The molecule has 5 heteroatoms. The van der Waals surface area contributed by atoms with E-state index in [2.05, 4.69) is 5.01 Å². The van der Waals surface area contributed by atoms with Gasteiger partial charge >= 0.3 is 0 Å². The van der Waals surface area contributed by atoms with E-state index < -0.39 is 0 Å². The van der Waals surface area contributed by atoms with E-state index in [9.17, 15) is 9.90 Å². The number of hydrogen-bond donors (Lipinski definition) is 1. The second-order valence-electron chi connectivity index (χ2n) is 5.53. The molecule has 3 rings (SSSR count). The van der Waals surface area contributed by atoms with Crippen LogP contribution in [0.3, 0.4) is 0 Å². The molecule has 0 atom stereocenters. The molecule has 0 aromatic heterocycles. The van der Waals surface area contributed by atoms with Crippen molar-refractivity contribution in [3.05, 3.63) is 36.4 Å². The average molecular weight is 321 g/mol. The van der Waals surface area contributed by atoms with Crippen LogP contribution in [0.4, 0.5) is 5.69 Å². The summed E-state index contributed by atoms with van der Waals surface area (Å²) in [5.41, 5.74) is 0.845. The fraction of sp³-hybridized carbons (Fsp3) is 0.353. The van der Waals surface area contributed by atoms with Crippen LogP contribution < -0.4 is 5.01 Å². The number of halogens is 1. The molecule has 1 heterocycles. The molecule has 1 aliphatic heterocycles. The summed E-state index contributed by atoms with van der Waals surface area (Å²) in [4.78, 5) is 12.2. The van der Waals surface area contributed by atoms with E-state index in [1.165, 1.54) is 6.42 Å². The predicted octanol–water partition coefficient (Wildman–Crippen LogP) is 3.72. The van der Waals surface area contributed by atoms with Crippen LogP contribution >= 0.6 is 12.4 Å². The minimum absolute atomic E-state index is 0. The molecular weight excluding hydrogens is 300 g/mol. The Kier molecular flexibility index (Phi) is 5.27. The van der Waals surface area contributed by atoms with Gasteiger partial charge in [-0.3, -0.25) is 4.79 Å². The highest BCUT2D eigenvalue weighted by atomic mass is 35.5. The first-order valence-corrected chi connectivity index (χ1v) is 7.44. The van der Waals surface area contributed by atoms with E-state index >= 15 is 0 Å². The van der Waals surface area contributed by atoms with Gasteiger partial charge in [-0.25, -0.2) is 10.0 Å². The standard InChI is InChI=1S/C17H20N2O2.ClH/c1-13(20)19(18-10-3-2-4-11-18)17-7-5-6-14-8-9-15(21)12-16(14)17;/h5-9,12,21H,2-4,10-11H2,1H3;1H. The molecule has 1 fully saturated rings. The topological polar surface area (TPSA) is 43.8 Å². The summed E-state index contributed by atoms with van der Waals surface area (Å²) in [7, 11) is 0. The number of hydrogen-bond acceptors (Lipinski definition) is 3. The Morgan fingerprint density at radius 2 is 1.86 bits per heavy atom. The molecule has 0 saturated carbocycles. The lowest BCUT2D eigenvalue weighted by Crippen LogP contribution is -2.48. The lowest BCUT2D eigenvalue weighted by Gasteiger charge is -2.37. The Hall–Kier alpha value is -1.78. The molecule has 1 aliphatic rings. The molecule has 1 saturated heterocycles. The molecule has 4 nitrogen and oxygen atoms in total. The van der Waals surface area contributed by atoms with E-state index in [1.54, 1.807) is 24.1 Å². The smallest absolute Gasteiger partial charge is 0.238 e. The van der Waals surface area contributed by atoms with Gasteiger partial charge in [-0.15, -0.1) is 12.4 Å². The Morgan fingerprint density at radius 3 is 2.55 bits per heavy atom. The van der Waals surface area contributed by atoms with Crippen molar-refractivity contribution in [1.29, 1.82) is 0 Å². The minimum Gasteiger partial charge on any atom is -0.508 e. The van der Waals surface area contributed by atoms with Crippen molar-refractivity contribution in [2.24, 2.45) is 0 Å². The highest BCUT2D eigenvalue weighted by Gasteiger charge is 2.23. The molecule has 2 aromatic rings. The summed E-state index contributed by atoms with van der Waals surface area (Å²) < 4.78 is 0. The van der Waals surface area contributed by atoms with E-state index in [0.29, 0.717) is 0 Å². The number of carbonyl (C=O) groups is 1. The van der Waals surface area contributed by atoms with Crippen LogP contribution in [0.5, 0.6) is 5.75 Å². The Bertz CT molecular complexity index is 669. The first-order valence-electron chi connectivity index (χ1n) is 7.44. The molecule has 0 aliphatic carbocycles.